The van der Waals surface area contributed by atoms with Gasteiger partial charge in [-0.15, -0.1) is 0 Å². The molecule has 0 saturated carbocycles. The van der Waals surface area contributed by atoms with E-state index in [-0.39, 0.29) is 0 Å². The highest BCUT2D eigenvalue weighted by Gasteiger charge is 2.03. The zero-order chi connectivity index (χ0) is 13.3. The van der Waals surface area contributed by atoms with Gasteiger partial charge in [0.1, 0.15) is 0 Å². The van der Waals surface area contributed by atoms with Crippen molar-refractivity contribution in [1.82, 2.24) is 14.7 Å². The van der Waals surface area contributed by atoms with Gasteiger partial charge in [0.15, 0.2) is 5.96 Å². The molecule has 0 bridgehead atoms. The van der Waals surface area contributed by atoms with Crippen molar-refractivity contribution in [3.63, 3.8) is 0 Å². The monoisotopic (exact) mass is 244 g/mol. The molecule has 0 saturated heterocycles. The number of likely N-dealkylation sites (N-methyl/N-ethyl adjacent to an activating group) is 1. The Morgan fingerprint density at radius 1 is 1.00 bits per heavy atom. The molecular weight excluding hydrogens is 216 g/mol. The minimum Gasteiger partial charge on any atom is -0.383 e. The van der Waals surface area contributed by atoms with E-state index in [4.69, 9.17) is 4.74 Å². The normalized spacial score (nSPS) is 10.5. The molecule has 0 aliphatic carbocycles. The molecule has 0 fully saturated rings. The van der Waals surface area contributed by atoms with Crippen molar-refractivity contribution in [3.05, 3.63) is 0 Å². The highest BCUT2D eigenvalue weighted by molar-refractivity contribution is 5.79. The van der Waals surface area contributed by atoms with Crippen LogP contribution in [0.25, 0.3) is 0 Å². The number of ether oxygens (including phenoxy) is 1. The molecule has 0 N–H and O–H groups in total. The Hall–Kier alpha value is -0.810. The first-order valence-corrected chi connectivity index (χ1v) is 6.05. The molecular formula is C12H28N4O. The SMILES string of the molecule is COCCN(C)CCCN=C(N(C)C)N(C)C. The maximum absolute atomic E-state index is 5.04. The van der Waals surface area contributed by atoms with Crippen LogP contribution >= 0.6 is 0 Å². The molecule has 5 nitrogen and oxygen atoms in total. The van der Waals surface area contributed by atoms with Gasteiger partial charge in [-0.25, -0.2) is 0 Å². The zero-order valence-corrected chi connectivity index (χ0v) is 12.2. The number of hydrogen-bond donors (Lipinski definition) is 0. The third-order valence-corrected chi connectivity index (χ3v) is 2.43. The van der Waals surface area contributed by atoms with Gasteiger partial charge in [0.25, 0.3) is 0 Å². The van der Waals surface area contributed by atoms with E-state index in [9.17, 15) is 0 Å². The van der Waals surface area contributed by atoms with Gasteiger partial charge >= 0.3 is 0 Å². The van der Waals surface area contributed by atoms with Gasteiger partial charge in [0.05, 0.1) is 6.61 Å². The minimum atomic E-state index is 0.792. The third-order valence-electron chi connectivity index (χ3n) is 2.43. The maximum Gasteiger partial charge on any atom is 0.195 e. The van der Waals surface area contributed by atoms with Gasteiger partial charge < -0.3 is 19.4 Å². The summed E-state index contributed by atoms with van der Waals surface area (Å²) in [6, 6.07) is 0. The Morgan fingerprint density at radius 3 is 2.06 bits per heavy atom. The van der Waals surface area contributed by atoms with Gasteiger partial charge in [-0.1, -0.05) is 0 Å². The molecule has 0 radical (unpaired) electrons. The Kier molecular flexibility index (Phi) is 8.80. The Labute approximate surface area is 106 Å². The first-order chi connectivity index (χ1) is 7.99. The molecule has 0 aromatic heterocycles. The van der Waals surface area contributed by atoms with E-state index in [0.717, 1.165) is 38.6 Å². The Balaban J connectivity index is 3.83. The molecule has 5 heteroatoms. The van der Waals surface area contributed by atoms with E-state index in [1.54, 1.807) is 7.11 Å². The van der Waals surface area contributed by atoms with Crippen LogP contribution in [0.1, 0.15) is 6.42 Å². The second-order valence-electron chi connectivity index (χ2n) is 4.62. The summed E-state index contributed by atoms with van der Waals surface area (Å²) in [4.78, 5) is 10.9. The fourth-order valence-electron chi connectivity index (χ4n) is 1.56. The fourth-order valence-corrected chi connectivity index (χ4v) is 1.56. The summed E-state index contributed by atoms with van der Waals surface area (Å²) in [5.74, 6) is 1.02. The van der Waals surface area contributed by atoms with E-state index in [0.29, 0.717) is 0 Å². The van der Waals surface area contributed by atoms with Gasteiger partial charge in [-0.2, -0.15) is 0 Å². The predicted molar refractivity (Wildman–Crippen MR) is 73.7 cm³/mol. The highest BCUT2D eigenvalue weighted by atomic mass is 16.5. The van der Waals surface area contributed by atoms with E-state index in [2.05, 4.69) is 16.9 Å². The highest BCUT2D eigenvalue weighted by Crippen LogP contribution is 1.93. The van der Waals surface area contributed by atoms with E-state index in [1.165, 1.54) is 0 Å². The molecule has 0 atom stereocenters. The van der Waals surface area contributed by atoms with Crippen molar-refractivity contribution < 1.29 is 4.74 Å². The lowest BCUT2D eigenvalue weighted by Gasteiger charge is -2.23. The smallest absolute Gasteiger partial charge is 0.195 e. The summed E-state index contributed by atoms with van der Waals surface area (Å²) < 4.78 is 5.04. The van der Waals surface area contributed by atoms with Crippen LogP contribution in [0.3, 0.4) is 0 Å². The molecule has 17 heavy (non-hydrogen) atoms. The molecule has 0 unspecified atom stereocenters. The Bertz CT molecular complexity index is 207. The van der Waals surface area contributed by atoms with Crippen LogP contribution in [0.4, 0.5) is 0 Å². The predicted octanol–water partition coefficient (Wildman–Crippen LogP) is 0.434. The first kappa shape index (κ1) is 16.2. The van der Waals surface area contributed by atoms with Crippen molar-refractivity contribution in [2.75, 3.05) is 68.6 Å². The lowest BCUT2D eigenvalue weighted by molar-refractivity contribution is 0.161. The largest absolute Gasteiger partial charge is 0.383 e. The second-order valence-corrected chi connectivity index (χ2v) is 4.62. The van der Waals surface area contributed by atoms with E-state index in [1.807, 2.05) is 38.0 Å². The third kappa shape index (κ3) is 7.99. The standard InChI is InChI=1S/C12H28N4O/c1-14(2)12(15(3)4)13-8-7-9-16(5)10-11-17-6/h7-11H2,1-6H3. The summed E-state index contributed by atoms with van der Waals surface area (Å²) >= 11 is 0. The molecule has 0 heterocycles. The number of methoxy groups -OCH3 is 1. The van der Waals surface area contributed by atoms with Gasteiger partial charge in [-0.05, 0) is 20.0 Å². The number of nitrogens with zero attached hydrogens (tertiary/aromatic N) is 4. The number of rotatable bonds is 7. The number of guanidine groups is 1. The summed E-state index contributed by atoms with van der Waals surface area (Å²) in [6.07, 6.45) is 1.07. The van der Waals surface area contributed by atoms with Crippen LogP contribution in [0.2, 0.25) is 0 Å². The van der Waals surface area contributed by atoms with Gasteiger partial charge in [0, 0.05) is 48.4 Å². The van der Waals surface area contributed by atoms with Crippen LogP contribution < -0.4 is 0 Å². The lowest BCUT2D eigenvalue weighted by Crippen LogP contribution is -2.35. The van der Waals surface area contributed by atoms with E-state index < -0.39 is 0 Å². The second kappa shape index (κ2) is 9.24. The number of hydrogen-bond acceptors (Lipinski definition) is 3. The molecule has 0 aromatic rings. The van der Waals surface area contributed by atoms with Crippen molar-refractivity contribution in [1.29, 1.82) is 0 Å². The van der Waals surface area contributed by atoms with Crippen LogP contribution in [0.5, 0.6) is 0 Å². The minimum absolute atomic E-state index is 0.792. The van der Waals surface area contributed by atoms with Gasteiger partial charge in [0.2, 0.25) is 0 Å². The first-order valence-electron chi connectivity index (χ1n) is 6.05. The van der Waals surface area contributed by atoms with Crippen molar-refractivity contribution in [2.24, 2.45) is 4.99 Å². The topological polar surface area (TPSA) is 31.3 Å². The summed E-state index contributed by atoms with van der Waals surface area (Å²) in [5, 5.41) is 0. The van der Waals surface area contributed by atoms with Crippen molar-refractivity contribution >= 4 is 5.96 Å². The quantitative estimate of drug-likeness (QED) is 0.369. The summed E-state index contributed by atoms with van der Waals surface area (Å²) in [7, 11) is 11.9. The summed E-state index contributed by atoms with van der Waals surface area (Å²) in [5.41, 5.74) is 0. The summed E-state index contributed by atoms with van der Waals surface area (Å²) in [6.45, 7) is 3.69. The maximum atomic E-state index is 5.04. The molecule has 0 aromatic carbocycles. The van der Waals surface area contributed by atoms with Crippen molar-refractivity contribution in [2.45, 2.75) is 6.42 Å². The van der Waals surface area contributed by atoms with Crippen molar-refractivity contribution in [3.8, 4) is 0 Å². The van der Waals surface area contributed by atoms with Crippen LogP contribution in [-0.2, 0) is 4.74 Å². The van der Waals surface area contributed by atoms with E-state index >= 15 is 0 Å². The molecule has 0 aliphatic rings. The van der Waals surface area contributed by atoms with Crippen LogP contribution in [-0.4, -0.2) is 89.2 Å². The molecule has 0 aliphatic heterocycles. The van der Waals surface area contributed by atoms with Crippen LogP contribution in [0, 0.1) is 0 Å². The van der Waals surface area contributed by atoms with Gasteiger partial charge in [-0.3, -0.25) is 4.99 Å². The molecule has 0 rings (SSSR count). The average molecular weight is 244 g/mol. The molecule has 0 spiro atoms. The molecule has 0 amide bonds. The average Bonchev–Trinajstić information content (AvgIpc) is 2.24. The molecule has 102 valence electrons. The lowest BCUT2D eigenvalue weighted by atomic mass is 10.4. The number of aliphatic imine (C=N–C) groups is 1. The van der Waals surface area contributed by atoms with Crippen LogP contribution in [0.15, 0.2) is 4.99 Å². The zero-order valence-electron chi connectivity index (χ0n) is 12.2. The Morgan fingerprint density at radius 2 is 1.59 bits per heavy atom. The fraction of sp³-hybridized carbons (Fsp3) is 0.917.